The van der Waals surface area contributed by atoms with Gasteiger partial charge in [0.25, 0.3) is 0 Å². The summed E-state index contributed by atoms with van der Waals surface area (Å²) in [5.41, 5.74) is 1.34. The summed E-state index contributed by atoms with van der Waals surface area (Å²) in [5, 5.41) is 0. The molecular weight excluding hydrogens is 128 g/mol. The fraction of sp³-hybridized carbons (Fsp3) is 0.125. The van der Waals surface area contributed by atoms with Crippen LogP contribution in [-0.4, -0.2) is 5.87 Å². The van der Waals surface area contributed by atoms with Gasteiger partial charge in [-0.2, -0.15) is 0 Å². The first kappa shape index (κ1) is 6.43. The highest BCUT2D eigenvalue weighted by atomic mass is 32.1. The Morgan fingerprint density at radius 3 is 2.44 bits per heavy atom. The first-order valence-corrected chi connectivity index (χ1v) is 4.00. The molecule has 0 fully saturated rings. The third-order valence-corrected chi connectivity index (χ3v) is 1.65. The molecule has 9 heavy (non-hydrogen) atoms. The van der Waals surface area contributed by atoms with Gasteiger partial charge in [-0.1, -0.05) is 30.3 Å². The lowest BCUT2D eigenvalue weighted by atomic mass is 10.2. The van der Waals surface area contributed by atoms with E-state index in [0.717, 1.165) is 5.75 Å². The first-order chi connectivity index (χ1) is 4.43. The average molecular weight is 137 g/mol. The molecule has 0 bridgehead atoms. The van der Waals surface area contributed by atoms with Gasteiger partial charge in [0.05, 0.1) is 0 Å². The van der Waals surface area contributed by atoms with Crippen LogP contribution in [0.2, 0.25) is 0 Å². The SMILES string of the molecule is C=[S+]Cc1ccccc1. The molecule has 1 rings (SSSR count). The van der Waals surface area contributed by atoms with Crippen molar-refractivity contribution in [3.05, 3.63) is 35.9 Å². The Hall–Kier alpha value is -0.690. The average Bonchev–Trinajstić information content (AvgIpc) is 1.91. The van der Waals surface area contributed by atoms with E-state index in [0.29, 0.717) is 0 Å². The van der Waals surface area contributed by atoms with Gasteiger partial charge in [-0.3, -0.25) is 0 Å². The van der Waals surface area contributed by atoms with Crippen molar-refractivity contribution in [2.45, 2.75) is 5.75 Å². The van der Waals surface area contributed by atoms with E-state index in [1.807, 2.05) is 18.2 Å². The van der Waals surface area contributed by atoms with E-state index in [1.165, 1.54) is 5.56 Å². The van der Waals surface area contributed by atoms with Gasteiger partial charge >= 0.3 is 0 Å². The van der Waals surface area contributed by atoms with Crippen LogP contribution in [0.1, 0.15) is 5.56 Å². The molecule has 1 aromatic rings. The molecule has 0 atom stereocenters. The van der Waals surface area contributed by atoms with Gasteiger partial charge in [-0.05, 0) is 0 Å². The van der Waals surface area contributed by atoms with E-state index < -0.39 is 0 Å². The zero-order valence-corrected chi connectivity index (χ0v) is 6.03. The second kappa shape index (κ2) is 3.36. The molecule has 0 N–H and O–H groups in total. The fourth-order valence-electron chi connectivity index (χ4n) is 0.692. The van der Waals surface area contributed by atoms with Crippen LogP contribution in [0.5, 0.6) is 0 Å². The third kappa shape index (κ3) is 1.94. The Balaban J connectivity index is 2.72. The summed E-state index contributed by atoms with van der Waals surface area (Å²) in [6.45, 7) is 0. The maximum absolute atomic E-state index is 3.70. The first-order valence-electron chi connectivity index (χ1n) is 2.84. The molecule has 0 spiro atoms. The Morgan fingerprint density at radius 2 is 1.89 bits per heavy atom. The molecule has 0 radical (unpaired) electrons. The van der Waals surface area contributed by atoms with Crippen LogP contribution >= 0.6 is 0 Å². The maximum atomic E-state index is 3.70. The quantitative estimate of drug-likeness (QED) is 0.430. The van der Waals surface area contributed by atoms with E-state index in [-0.39, 0.29) is 0 Å². The Bertz CT molecular complexity index is 179. The molecule has 0 saturated heterocycles. The lowest BCUT2D eigenvalue weighted by Gasteiger charge is -1.84. The molecule has 1 aromatic carbocycles. The molecular formula is C8H9S+. The largest absolute Gasteiger partial charge is 0.200 e. The molecule has 0 heterocycles. The van der Waals surface area contributed by atoms with E-state index in [1.54, 1.807) is 11.4 Å². The van der Waals surface area contributed by atoms with Crippen molar-refractivity contribution in [2.75, 3.05) is 0 Å². The van der Waals surface area contributed by atoms with Crippen molar-refractivity contribution in [1.29, 1.82) is 0 Å². The third-order valence-electron chi connectivity index (χ3n) is 1.11. The Kier molecular flexibility index (Phi) is 2.40. The van der Waals surface area contributed by atoms with E-state index >= 15 is 0 Å². The summed E-state index contributed by atoms with van der Waals surface area (Å²) in [4.78, 5) is 0. The smallest absolute Gasteiger partial charge is 0.0622 e. The Morgan fingerprint density at radius 1 is 1.22 bits per heavy atom. The molecule has 0 aliphatic carbocycles. The number of hydrogen-bond donors (Lipinski definition) is 0. The van der Waals surface area contributed by atoms with Crippen molar-refractivity contribution in [2.24, 2.45) is 0 Å². The van der Waals surface area contributed by atoms with Crippen LogP contribution in [0.4, 0.5) is 0 Å². The van der Waals surface area contributed by atoms with Crippen LogP contribution in [0.3, 0.4) is 0 Å². The lowest BCUT2D eigenvalue weighted by Crippen LogP contribution is -1.78. The monoisotopic (exact) mass is 137 g/mol. The summed E-state index contributed by atoms with van der Waals surface area (Å²) in [5.74, 6) is 4.71. The lowest BCUT2D eigenvalue weighted by molar-refractivity contribution is 1.43. The van der Waals surface area contributed by atoms with Gasteiger partial charge in [0.2, 0.25) is 0 Å². The van der Waals surface area contributed by atoms with Crippen LogP contribution in [0.15, 0.2) is 30.3 Å². The zero-order valence-electron chi connectivity index (χ0n) is 5.21. The summed E-state index contributed by atoms with van der Waals surface area (Å²) >= 11 is 1.60. The zero-order chi connectivity index (χ0) is 6.53. The minimum atomic E-state index is 1.01. The van der Waals surface area contributed by atoms with E-state index in [2.05, 4.69) is 18.0 Å². The molecule has 1 heteroatoms. The van der Waals surface area contributed by atoms with Crippen LogP contribution in [-0.2, 0) is 17.1 Å². The molecule has 0 aliphatic rings. The van der Waals surface area contributed by atoms with Gasteiger partial charge in [0.1, 0.15) is 0 Å². The number of benzene rings is 1. The molecule has 46 valence electrons. The topological polar surface area (TPSA) is 0 Å². The summed E-state index contributed by atoms with van der Waals surface area (Å²) in [6.07, 6.45) is 0. The molecule has 0 aliphatic heterocycles. The maximum Gasteiger partial charge on any atom is 0.200 e. The van der Waals surface area contributed by atoms with Gasteiger partial charge in [-0.25, -0.2) is 0 Å². The minimum absolute atomic E-state index is 1.01. The van der Waals surface area contributed by atoms with Gasteiger partial charge < -0.3 is 0 Å². The van der Waals surface area contributed by atoms with E-state index in [4.69, 9.17) is 0 Å². The van der Waals surface area contributed by atoms with Crippen molar-refractivity contribution in [3.63, 3.8) is 0 Å². The summed E-state index contributed by atoms with van der Waals surface area (Å²) < 4.78 is 0. The highest BCUT2D eigenvalue weighted by Gasteiger charge is 1.91. The van der Waals surface area contributed by atoms with Gasteiger partial charge in [0.15, 0.2) is 23.0 Å². The minimum Gasteiger partial charge on any atom is -0.0622 e. The summed E-state index contributed by atoms with van der Waals surface area (Å²) in [6, 6.07) is 10.3. The number of hydrogen-bond acceptors (Lipinski definition) is 0. The standard InChI is InChI=1S/C8H9S/c1-9-7-8-5-3-2-4-6-8/h2-6H,1,7H2/q+1. The van der Waals surface area contributed by atoms with Crippen molar-refractivity contribution < 1.29 is 0 Å². The predicted octanol–water partition coefficient (Wildman–Crippen LogP) is 1.70. The fourth-order valence-corrected chi connectivity index (χ4v) is 1.12. The van der Waals surface area contributed by atoms with Crippen molar-refractivity contribution in [3.8, 4) is 0 Å². The molecule has 0 unspecified atom stereocenters. The molecule has 0 amide bonds. The molecule has 0 aromatic heterocycles. The Labute approximate surface area is 59.5 Å². The predicted molar refractivity (Wildman–Crippen MR) is 44.6 cm³/mol. The van der Waals surface area contributed by atoms with Crippen LogP contribution in [0.25, 0.3) is 0 Å². The number of rotatable bonds is 2. The molecule has 0 saturated carbocycles. The van der Waals surface area contributed by atoms with Gasteiger partial charge in [0, 0.05) is 5.56 Å². The van der Waals surface area contributed by atoms with Crippen LogP contribution in [0, 0.1) is 0 Å². The van der Waals surface area contributed by atoms with Crippen molar-refractivity contribution >= 4 is 17.2 Å². The van der Waals surface area contributed by atoms with Gasteiger partial charge in [-0.15, -0.1) is 0 Å². The second-order valence-electron chi connectivity index (χ2n) is 1.83. The molecule has 0 nitrogen and oxygen atoms in total. The van der Waals surface area contributed by atoms with Crippen molar-refractivity contribution in [1.82, 2.24) is 0 Å². The highest BCUT2D eigenvalue weighted by Crippen LogP contribution is 1.97. The second-order valence-corrected chi connectivity index (χ2v) is 2.53. The normalized spacial score (nSPS) is 8.89. The van der Waals surface area contributed by atoms with E-state index in [9.17, 15) is 0 Å². The summed E-state index contributed by atoms with van der Waals surface area (Å²) in [7, 11) is 0. The highest BCUT2D eigenvalue weighted by molar-refractivity contribution is 7.75. The van der Waals surface area contributed by atoms with Crippen LogP contribution < -0.4 is 0 Å².